The molecule has 2 aromatic carbocycles. The third-order valence-electron chi connectivity index (χ3n) is 8.48. The van der Waals surface area contributed by atoms with Gasteiger partial charge in [0, 0.05) is 37.4 Å². The average Bonchev–Trinajstić information content (AvgIpc) is 3.00. The maximum atomic E-state index is 13.6. The molecular weight excluding hydrogens is 564 g/mol. The standard InChI is InChI=1S/C37H50N4O4/c1-26-10-9-11-27(2)31(26)14-15-35(43)39-32(22-28-12-7-6-8-13-28)34(42)24-41-21-18-30(45-25-29-16-19-38-20-17-29)23-33(41)36(44)40-37(3,4)5/h6-13,16-17,19-20,30,32-34,42H,14-15,18,21-25H2,1-5H3,(H,39,43)(H,40,44)/t30-,32+,33+,34-/m1/s1. The third kappa shape index (κ3) is 10.8. The number of aliphatic hydroxyl groups excluding tert-OH is 1. The van der Waals surface area contributed by atoms with Crippen LogP contribution < -0.4 is 10.6 Å². The van der Waals surface area contributed by atoms with Gasteiger partial charge in [-0.25, -0.2) is 0 Å². The summed E-state index contributed by atoms with van der Waals surface area (Å²) in [4.78, 5) is 33.0. The Morgan fingerprint density at radius 1 is 1.00 bits per heavy atom. The Labute approximate surface area is 268 Å². The molecule has 8 nitrogen and oxygen atoms in total. The van der Waals surface area contributed by atoms with Crippen LogP contribution in [0.5, 0.6) is 0 Å². The van der Waals surface area contributed by atoms with E-state index < -0.39 is 23.7 Å². The second kappa shape index (κ2) is 16.1. The van der Waals surface area contributed by atoms with Crippen LogP contribution in [0.3, 0.4) is 0 Å². The zero-order chi connectivity index (χ0) is 32.4. The molecule has 0 spiro atoms. The summed E-state index contributed by atoms with van der Waals surface area (Å²) in [5.74, 6) is -0.174. The summed E-state index contributed by atoms with van der Waals surface area (Å²) in [6, 6.07) is 19.0. The van der Waals surface area contributed by atoms with Crippen LogP contribution in [-0.2, 0) is 33.8 Å². The van der Waals surface area contributed by atoms with Gasteiger partial charge in [-0.1, -0.05) is 48.5 Å². The number of carbonyl (C=O) groups is 2. The van der Waals surface area contributed by atoms with Crippen LogP contribution in [0.1, 0.15) is 67.9 Å². The van der Waals surface area contributed by atoms with Gasteiger partial charge in [-0.3, -0.25) is 19.5 Å². The minimum atomic E-state index is -0.881. The highest BCUT2D eigenvalue weighted by Crippen LogP contribution is 2.24. The van der Waals surface area contributed by atoms with E-state index in [0.29, 0.717) is 38.8 Å². The predicted molar refractivity (Wildman–Crippen MR) is 178 cm³/mol. The molecule has 3 aromatic rings. The van der Waals surface area contributed by atoms with Crippen molar-refractivity contribution in [2.75, 3.05) is 13.1 Å². The van der Waals surface area contributed by atoms with Crippen molar-refractivity contribution in [3.8, 4) is 0 Å². The Morgan fingerprint density at radius 2 is 1.69 bits per heavy atom. The minimum Gasteiger partial charge on any atom is -0.390 e. The Morgan fingerprint density at radius 3 is 2.36 bits per heavy atom. The minimum absolute atomic E-state index is 0.0795. The van der Waals surface area contributed by atoms with Crippen molar-refractivity contribution < 1.29 is 19.4 Å². The van der Waals surface area contributed by atoms with Gasteiger partial charge in [0.05, 0.1) is 30.9 Å². The van der Waals surface area contributed by atoms with Crippen molar-refractivity contribution in [2.45, 2.75) is 103 Å². The van der Waals surface area contributed by atoms with E-state index in [0.717, 1.165) is 17.5 Å². The van der Waals surface area contributed by atoms with Crippen molar-refractivity contribution >= 4 is 11.8 Å². The molecule has 45 heavy (non-hydrogen) atoms. The van der Waals surface area contributed by atoms with Crippen LogP contribution in [0.2, 0.25) is 0 Å². The average molecular weight is 615 g/mol. The number of nitrogens with one attached hydrogen (secondary N) is 2. The molecule has 8 heteroatoms. The number of β-amino-alcohol motifs (C(OH)–C–C–N with tert-alkyl or cyclic N) is 1. The SMILES string of the molecule is Cc1cccc(C)c1CCC(=O)N[C@@H](Cc1ccccc1)[C@H](O)CN1CC[C@@H](OCc2ccncc2)C[C@H]1C(=O)NC(C)(C)C. The number of hydrogen-bond donors (Lipinski definition) is 3. The normalized spacial score (nSPS) is 18.6. The quantitative estimate of drug-likeness (QED) is 0.258. The van der Waals surface area contributed by atoms with Gasteiger partial charge in [0.15, 0.2) is 0 Å². The first-order chi connectivity index (χ1) is 21.5. The van der Waals surface area contributed by atoms with Crippen LogP contribution in [0.15, 0.2) is 73.1 Å². The van der Waals surface area contributed by atoms with Crippen LogP contribution >= 0.6 is 0 Å². The van der Waals surface area contributed by atoms with Crippen LogP contribution in [0.4, 0.5) is 0 Å². The number of ether oxygens (including phenoxy) is 1. The lowest BCUT2D eigenvalue weighted by Crippen LogP contribution is -2.59. The van der Waals surface area contributed by atoms with Crippen molar-refractivity contribution in [2.24, 2.45) is 0 Å². The molecule has 1 aliphatic heterocycles. The van der Waals surface area contributed by atoms with Gasteiger partial charge in [0.1, 0.15) is 0 Å². The Balaban J connectivity index is 1.45. The molecular formula is C37H50N4O4. The lowest BCUT2D eigenvalue weighted by Gasteiger charge is -2.41. The number of likely N-dealkylation sites (tertiary alicyclic amines) is 1. The smallest absolute Gasteiger partial charge is 0.237 e. The van der Waals surface area contributed by atoms with Crippen LogP contribution in [0.25, 0.3) is 0 Å². The van der Waals surface area contributed by atoms with Gasteiger partial charge in [0.25, 0.3) is 0 Å². The Kier molecular flexibility index (Phi) is 12.3. The molecule has 0 saturated carbocycles. The van der Waals surface area contributed by atoms with E-state index in [1.165, 1.54) is 16.7 Å². The van der Waals surface area contributed by atoms with E-state index >= 15 is 0 Å². The Hall–Kier alpha value is -3.59. The van der Waals surface area contributed by atoms with Crippen molar-refractivity contribution in [3.63, 3.8) is 0 Å². The first kappa shape index (κ1) is 34.3. The fourth-order valence-electron chi connectivity index (χ4n) is 6.05. The van der Waals surface area contributed by atoms with E-state index in [2.05, 4.69) is 46.5 Å². The third-order valence-corrected chi connectivity index (χ3v) is 8.48. The van der Waals surface area contributed by atoms with E-state index in [9.17, 15) is 14.7 Å². The van der Waals surface area contributed by atoms with Gasteiger partial charge >= 0.3 is 0 Å². The summed E-state index contributed by atoms with van der Waals surface area (Å²) < 4.78 is 6.24. The highest BCUT2D eigenvalue weighted by atomic mass is 16.5. The van der Waals surface area contributed by atoms with Crippen LogP contribution in [-0.4, -0.2) is 69.7 Å². The Bertz CT molecular complexity index is 1360. The van der Waals surface area contributed by atoms with Gasteiger partial charge in [0.2, 0.25) is 11.8 Å². The summed E-state index contributed by atoms with van der Waals surface area (Å²) in [6.45, 7) is 11.4. The molecule has 0 aliphatic carbocycles. The highest BCUT2D eigenvalue weighted by molar-refractivity contribution is 5.82. The topological polar surface area (TPSA) is 104 Å². The number of nitrogens with zero attached hydrogens (tertiary/aromatic N) is 2. The van der Waals surface area contributed by atoms with E-state index in [4.69, 9.17) is 4.74 Å². The molecule has 4 atom stereocenters. The summed E-state index contributed by atoms with van der Waals surface area (Å²) in [6.07, 6.45) is 5.24. The van der Waals surface area contributed by atoms with Gasteiger partial charge < -0.3 is 20.5 Å². The molecule has 1 aliphatic rings. The second-order valence-electron chi connectivity index (χ2n) is 13.4. The first-order valence-electron chi connectivity index (χ1n) is 16.1. The summed E-state index contributed by atoms with van der Waals surface area (Å²) >= 11 is 0. The number of amides is 2. The number of aryl methyl sites for hydroxylation is 2. The zero-order valence-corrected chi connectivity index (χ0v) is 27.5. The molecule has 3 N–H and O–H groups in total. The molecule has 0 bridgehead atoms. The molecule has 0 radical (unpaired) electrons. The number of hydrogen-bond acceptors (Lipinski definition) is 6. The van der Waals surface area contributed by atoms with Crippen molar-refractivity contribution in [3.05, 3.63) is 101 Å². The van der Waals surface area contributed by atoms with Crippen molar-refractivity contribution in [1.82, 2.24) is 20.5 Å². The van der Waals surface area contributed by atoms with E-state index in [1.807, 2.05) is 69.3 Å². The fraction of sp³-hybridized carbons (Fsp3) is 0.486. The predicted octanol–water partition coefficient (Wildman–Crippen LogP) is 4.68. The monoisotopic (exact) mass is 614 g/mol. The number of piperidine rings is 1. The number of benzene rings is 2. The summed E-state index contributed by atoms with van der Waals surface area (Å²) in [7, 11) is 0. The molecule has 2 heterocycles. The van der Waals surface area contributed by atoms with E-state index in [1.54, 1.807) is 12.4 Å². The lowest BCUT2D eigenvalue weighted by atomic mass is 9.94. The molecule has 1 saturated heterocycles. The van der Waals surface area contributed by atoms with Gasteiger partial charge in [-0.2, -0.15) is 0 Å². The highest BCUT2D eigenvalue weighted by Gasteiger charge is 2.37. The maximum absolute atomic E-state index is 13.6. The molecule has 1 aromatic heterocycles. The summed E-state index contributed by atoms with van der Waals surface area (Å²) in [5, 5.41) is 18.0. The zero-order valence-electron chi connectivity index (χ0n) is 27.5. The lowest BCUT2D eigenvalue weighted by molar-refractivity contribution is -0.134. The number of aliphatic hydroxyl groups is 1. The molecule has 242 valence electrons. The maximum Gasteiger partial charge on any atom is 0.237 e. The molecule has 2 amide bonds. The van der Waals surface area contributed by atoms with E-state index in [-0.39, 0.29) is 24.5 Å². The molecule has 4 rings (SSSR count). The number of aromatic nitrogens is 1. The fourth-order valence-corrected chi connectivity index (χ4v) is 6.05. The second-order valence-corrected chi connectivity index (χ2v) is 13.4. The van der Waals surface area contributed by atoms with Crippen LogP contribution in [0, 0.1) is 13.8 Å². The summed E-state index contributed by atoms with van der Waals surface area (Å²) in [5.41, 5.74) is 5.21. The largest absolute Gasteiger partial charge is 0.390 e. The van der Waals surface area contributed by atoms with Gasteiger partial charge in [-0.15, -0.1) is 0 Å². The number of carbonyl (C=O) groups excluding carboxylic acids is 2. The van der Waals surface area contributed by atoms with Gasteiger partial charge in [-0.05, 0) is 100 Å². The van der Waals surface area contributed by atoms with Crippen molar-refractivity contribution in [1.29, 1.82) is 0 Å². The number of pyridine rings is 1. The molecule has 1 fully saturated rings. The number of rotatable bonds is 13. The first-order valence-corrected chi connectivity index (χ1v) is 16.1. The molecule has 0 unspecified atom stereocenters.